The molecule has 0 saturated heterocycles. The van der Waals surface area contributed by atoms with Gasteiger partial charge in [-0.3, -0.25) is 0 Å². The molecule has 0 spiro atoms. The Kier molecular flexibility index (Phi) is 2.40. The van der Waals surface area contributed by atoms with Crippen molar-refractivity contribution in [3.63, 3.8) is 0 Å². The van der Waals surface area contributed by atoms with Crippen molar-refractivity contribution in [1.82, 2.24) is 4.98 Å². The zero-order valence-corrected chi connectivity index (χ0v) is 8.46. The van der Waals surface area contributed by atoms with E-state index in [9.17, 15) is 4.39 Å². The molecule has 1 aliphatic carbocycles. The van der Waals surface area contributed by atoms with E-state index < -0.39 is 5.95 Å². The third-order valence-corrected chi connectivity index (χ3v) is 2.30. The first kappa shape index (κ1) is 9.44. The van der Waals surface area contributed by atoms with Crippen molar-refractivity contribution in [2.45, 2.75) is 38.7 Å². The summed E-state index contributed by atoms with van der Waals surface area (Å²) in [6.45, 7) is 4.04. The molecule has 0 unspecified atom stereocenters. The molecule has 1 aromatic rings. The number of aromatic nitrogens is 1. The molecule has 0 radical (unpaired) electrons. The summed E-state index contributed by atoms with van der Waals surface area (Å²) in [6, 6.07) is 1.46. The number of hydrogen-bond donors (Lipinski definition) is 0. The summed E-state index contributed by atoms with van der Waals surface area (Å²) in [5.74, 6) is 0.571. The Morgan fingerprint density at radius 2 is 2.21 bits per heavy atom. The van der Waals surface area contributed by atoms with E-state index in [0.717, 1.165) is 24.2 Å². The van der Waals surface area contributed by atoms with Crippen LogP contribution in [0.25, 0.3) is 0 Å². The third-order valence-electron chi connectivity index (χ3n) is 2.30. The van der Waals surface area contributed by atoms with Crippen LogP contribution >= 0.6 is 0 Å². The minimum atomic E-state index is -0.433. The van der Waals surface area contributed by atoms with E-state index in [1.807, 2.05) is 13.8 Å². The van der Waals surface area contributed by atoms with Crippen LogP contribution in [0.3, 0.4) is 0 Å². The van der Waals surface area contributed by atoms with Crippen LogP contribution in [-0.2, 0) is 0 Å². The average molecular weight is 195 g/mol. The van der Waals surface area contributed by atoms with Crippen molar-refractivity contribution in [1.29, 1.82) is 0 Å². The molecule has 3 heteroatoms. The Morgan fingerprint density at radius 3 is 2.79 bits per heavy atom. The Labute approximate surface area is 83.1 Å². The number of ether oxygens (including phenoxy) is 1. The standard InChI is InChI=1S/C11H14FNO/c1-7(2)9-5-11(12)13-6-10(9)14-8-3-4-8/h5-8H,3-4H2,1-2H3. The Hall–Kier alpha value is -1.12. The van der Waals surface area contributed by atoms with E-state index in [1.54, 1.807) is 0 Å². The Morgan fingerprint density at radius 1 is 1.50 bits per heavy atom. The smallest absolute Gasteiger partial charge is 0.213 e. The van der Waals surface area contributed by atoms with Gasteiger partial charge in [0.15, 0.2) is 0 Å². The number of hydrogen-bond acceptors (Lipinski definition) is 2. The lowest BCUT2D eigenvalue weighted by Crippen LogP contribution is -2.02. The van der Waals surface area contributed by atoms with Crippen LogP contribution in [0.15, 0.2) is 12.3 Å². The van der Waals surface area contributed by atoms with Gasteiger partial charge in [0, 0.05) is 11.6 Å². The van der Waals surface area contributed by atoms with Gasteiger partial charge in [0.1, 0.15) is 5.75 Å². The minimum Gasteiger partial charge on any atom is -0.489 e. The van der Waals surface area contributed by atoms with E-state index in [-0.39, 0.29) is 5.92 Å². The summed E-state index contributed by atoms with van der Waals surface area (Å²) < 4.78 is 18.5. The molecule has 0 bridgehead atoms. The molecule has 1 heterocycles. The number of nitrogens with zero attached hydrogens (tertiary/aromatic N) is 1. The van der Waals surface area contributed by atoms with Crippen LogP contribution in [0.2, 0.25) is 0 Å². The number of pyridine rings is 1. The maximum atomic E-state index is 12.9. The summed E-state index contributed by atoms with van der Waals surface area (Å²) in [5.41, 5.74) is 0.907. The Balaban J connectivity index is 2.26. The van der Waals surface area contributed by atoms with Crippen LogP contribution in [0, 0.1) is 5.95 Å². The van der Waals surface area contributed by atoms with Gasteiger partial charge in [-0.1, -0.05) is 13.8 Å². The van der Waals surface area contributed by atoms with Crippen molar-refractivity contribution in [2.75, 3.05) is 0 Å². The van der Waals surface area contributed by atoms with Crippen LogP contribution < -0.4 is 4.74 Å². The van der Waals surface area contributed by atoms with Gasteiger partial charge < -0.3 is 4.74 Å². The summed E-state index contributed by atoms with van der Waals surface area (Å²) in [5, 5.41) is 0. The highest BCUT2D eigenvalue weighted by molar-refractivity contribution is 5.33. The van der Waals surface area contributed by atoms with Crippen LogP contribution in [0.4, 0.5) is 4.39 Å². The molecular formula is C11H14FNO. The molecule has 0 aromatic carbocycles. The molecule has 0 N–H and O–H groups in total. The van der Waals surface area contributed by atoms with Crippen molar-refractivity contribution in [2.24, 2.45) is 0 Å². The van der Waals surface area contributed by atoms with E-state index >= 15 is 0 Å². The van der Waals surface area contributed by atoms with Crippen molar-refractivity contribution in [3.05, 3.63) is 23.8 Å². The molecule has 1 saturated carbocycles. The first-order valence-electron chi connectivity index (χ1n) is 4.99. The molecule has 0 atom stereocenters. The van der Waals surface area contributed by atoms with Gasteiger partial charge in [-0.2, -0.15) is 4.39 Å². The lowest BCUT2D eigenvalue weighted by atomic mass is 10.0. The molecular weight excluding hydrogens is 181 g/mol. The van der Waals surface area contributed by atoms with Crippen molar-refractivity contribution in [3.8, 4) is 5.75 Å². The first-order valence-corrected chi connectivity index (χ1v) is 4.99. The minimum absolute atomic E-state index is 0.265. The van der Waals surface area contributed by atoms with Crippen molar-refractivity contribution >= 4 is 0 Å². The highest BCUT2D eigenvalue weighted by Crippen LogP contribution is 2.32. The topological polar surface area (TPSA) is 22.1 Å². The molecule has 76 valence electrons. The van der Waals surface area contributed by atoms with Gasteiger partial charge in [0.25, 0.3) is 0 Å². The van der Waals surface area contributed by atoms with E-state index in [4.69, 9.17) is 4.74 Å². The van der Waals surface area contributed by atoms with Crippen LogP contribution in [-0.4, -0.2) is 11.1 Å². The van der Waals surface area contributed by atoms with Crippen molar-refractivity contribution < 1.29 is 9.13 Å². The normalized spacial score (nSPS) is 16.0. The summed E-state index contributed by atoms with van der Waals surface area (Å²) >= 11 is 0. The quantitative estimate of drug-likeness (QED) is 0.692. The molecule has 14 heavy (non-hydrogen) atoms. The Bertz CT molecular complexity index is 334. The maximum absolute atomic E-state index is 12.9. The fourth-order valence-electron chi connectivity index (χ4n) is 1.35. The lowest BCUT2D eigenvalue weighted by Gasteiger charge is -2.12. The second-order valence-electron chi connectivity index (χ2n) is 4.02. The lowest BCUT2D eigenvalue weighted by molar-refractivity contribution is 0.296. The predicted molar refractivity (Wildman–Crippen MR) is 51.9 cm³/mol. The SMILES string of the molecule is CC(C)c1cc(F)ncc1OC1CC1. The van der Waals surface area contributed by atoms with Gasteiger partial charge >= 0.3 is 0 Å². The van der Waals surface area contributed by atoms with Crippen LogP contribution in [0.1, 0.15) is 38.2 Å². The molecule has 2 nitrogen and oxygen atoms in total. The summed E-state index contributed by atoms with van der Waals surface area (Å²) in [7, 11) is 0. The second-order valence-corrected chi connectivity index (χ2v) is 4.02. The predicted octanol–water partition coefficient (Wildman–Crippen LogP) is 2.89. The molecule has 0 amide bonds. The van der Waals surface area contributed by atoms with E-state index in [1.165, 1.54) is 12.3 Å². The average Bonchev–Trinajstić information content (AvgIpc) is 2.91. The molecule has 1 aromatic heterocycles. The van der Waals surface area contributed by atoms with Gasteiger partial charge in [-0.05, 0) is 18.8 Å². The second kappa shape index (κ2) is 3.56. The molecule has 1 fully saturated rings. The molecule has 1 aliphatic rings. The van der Waals surface area contributed by atoms with E-state index in [0.29, 0.717) is 6.10 Å². The van der Waals surface area contributed by atoms with Gasteiger partial charge in [-0.15, -0.1) is 0 Å². The molecule has 0 aliphatic heterocycles. The zero-order chi connectivity index (χ0) is 10.1. The fourth-order valence-corrected chi connectivity index (χ4v) is 1.35. The van der Waals surface area contributed by atoms with Gasteiger partial charge in [0.2, 0.25) is 5.95 Å². The highest BCUT2D eigenvalue weighted by atomic mass is 19.1. The highest BCUT2D eigenvalue weighted by Gasteiger charge is 2.25. The first-order chi connectivity index (χ1) is 6.66. The number of rotatable bonds is 3. The number of halogens is 1. The van der Waals surface area contributed by atoms with Gasteiger partial charge in [-0.25, -0.2) is 4.98 Å². The monoisotopic (exact) mass is 195 g/mol. The summed E-state index contributed by atoms with van der Waals surface area (Å²) in [4.78, 5) is 3.61. The maximum Gasteiger partial charge on any atom is 0.213 e. The zero-order valence-electron chi connectivity index (χ0n) is 8.46. The van der Waals surface area contributed by atoms with E-state index in [2.05, 4.69) is 4.98 Å². The fraction of sp³-hybridized carbons (Fsp3) is 0.545. The van der Waals surface area contributed by atoms with Crippen LogP contribution in [0.5, 0.6) is 5.75 Å². The van der Waals surface area contributed by atoms with Gasteiger partial charge in [0.05, 0.1) is 12.3 Å². The molecule has 2 rings (SSSR count). The largest absolute Gasteiger partial charge is 0.489 e. The summed E-state index contributed by atoms with van der Waals surface area (Å²) in [6.07, 6.45) is 4.03. The third kappa shape index (κ3) is 2.03.